The van der Waals surface area contributed by atoms with Gasteiger partial charge in [0.25, 0.3) is 6.43 Å². The highest BCUT2D eigenvalue weighted by atomic mass is 19.3. The predicted molar refractivity (Wildman–Crippen MR) is 53.4 cm³/mol. The summed E-state index contributed by atoms with van der Waals surface area (Å²) in [5, 5.41) is 0. The fourth-order valence-corrected chi connectivity index (χ4v) is 1.49. The lowest BCUT2D eigenvalue weighted by Crippen LogP contribution is -2.05. The molecule has 2 aromatic heterocycles. The maximum absolute atomic E-state index is 12.6. The molecule has 2 aromatic rings. The average Bonchev–Trinajstić information content (AvgIpc) is 2.55. The minimum atomic E-state index is -2.62. The highest BCUT2D eigenvalue weighted by Gasteiger charge is 2.17. The number of aromatic nitrogens is 2. The van der Waals surface area contributed by atoms with Crippen molar-refractivity contribution in [2.24, 2.45) is 5.73 Å². The van der Waals surface area contributed by atoms with E-state index >= 15 is 0 Å². The third kappa shape index (κ3) is 1.61. The van der Waals surface area contributed by atoms with Gasteiger partial charge in [0.15, 0.2) is 5.82 Å². The Balaban J connectivity index is 2.75. The second-order valence-corrected chi connectivity index (χ2v) is 3.14. The molecule has 0 saturated heterocycles. The summed E-state index contributed by atoms with van der Waals surface area (Å²) in [5.41, 5.74) is 6.88. The molecule has 3 nitrogen and oxygen atoms in total. The Hall–Kier alpha value is -1.43. The fraction of sp³-hybridized carbons (Fsp3) is 0.222. The van der Waals surface area contributed by atoms with Crippen LogP contribution in [0.2, 0.25) is 0 Å². The number of hydrogen-bond acceptors (Lipinski definition) is 2. The molecule has 0 amide bonds. The van der Waals surface area contributed by atoms with Crippen LogP contribution in [0.4, 0.5) is 8.78 Å². The molecule has 2 N–H and O–H groups in total. The van der Waals surface area contributed by atoms with Gasteiger partial charge in [0, 0.05) is 12.7 Å². The zero-order valence-electron chi connectivity index (χ0n) is 7.82. The van der Waals surface area contributed by atoms with Crippen molar-refractivity contribution in [1.82, 2.24) is 9.38 Å². The second-order valence-electron chi connectivity index (χ2n) is 3.14. The van der Waals surface area contributed by atoms with Crippen molar-refractivity contribution in [2.45, 2.75) is 13.0 Å². The molecule has 6 heteroatoms. The monoisotopic (exact) mass is 207 g/mol. The van der Waals surface area contributed by atoms with E-state index in [1.165, 1.54) is 10.6 Å². The van der Waals surface area contributed by atoms with Crippen molar-refractivity contribution in [3.8, 4) is 0 Å². The normalized spacial score (nSPS) is 11.5. The Morgan fingerprint density at radius 1 is 1.53 bits per heavy atom. The number of imidazole rings is 1. The number of nitrogens with two attached hydrogens (primary N) is 1. The summed E-state index contributed by atoms with van der Waals surface area (Å²) in [6, 6.07) is 3.13. The fourth-order valence-electron chi connectivity index (χ4n) is 1.49. The molecule has 0 aliphatic heterocycles. The Kier molecular flexibility index (Phi) is 2.44. The molecule has 0 aromatic carbocycles. The van der Waals surface area contributed by atoms with Crippen LogP contribution in [0.15, 0.2) is 18.3 Å². The molecule has 0 saturated carbocycles. The van der Waals surface area contributed by atoms with Crippen LogP contribution in [-0.2, 0) is 6.54 Å². The zero-order chi connectivity index (χ0) is 11.0. The van der Waals surface area contributed by atoms with Gasteiger partial charge in [-0.2, -0.15) is 0 Å². The van der Waals surface area contributed by atoms with Gasteiger partial charge in [-0.05, 0) is 6.07 Å². The molecule has 0 unspecified atom stereocenters. The summed E-state index contributed by atoms with van der Waals surface area (Å²) >= 11 is 0. The van der Waals surface area contributed by atoms with Crippen LogP contribution in [0.3, 0.4) is 0 Å². The van der Waals surface area contributed by atoms with Crippen molar-refractivity contribution < 1.29 is 8.78 Å². The molecule has 0 aliphatic carbocycles. The molecule has 0 bridgehead atoms. The first-order chi connectivity index (χ1) is 7.13. The van der Waals surface area contributed by atoms with Gasteiger partial charge in [-0.15, -0.1) is 0 Å². The van der Waals surface area contributed by atoms with Crippen LogP contribution < -0.4 is 11.2 Å². The minimum Gasteiger partial charge on any atom is -0.325 e. The third-order valence-electron chi connectivity index (χ3n) is 2.16. The number of fused-ring (bicyclic) bond motifs is 1. The second kappa shape index (κ2) is 3.62. The summed E-state index contributed by atoms with van der Waals surface area (Å²) in [7, 11) is 5.56. The van der Waals surface area contributed by atoms with Gasteiger partial charge in [-0.1, -0.05) is 11.5 Å². The molecule has 15 heavy (non-hydrogen) atoms. The van der Waals surface area contributed by atoms with Crippen LogP contribution in [-0.4, -0.2) is 17.2 Å². The van der Waals surface area contributed by atoms with Crippen LogP contribution >= 0.6 is 0 Å². The molecular weight excluding hydrogens is 199 g/mol. The number of halogens is 2. The maximum Gasteiger partial charge on any atom is 0.295 e. The summed E-state index contributed by atoms with van der Waals surface area (Å²) < 4.78 is 26.5. The van der Waals surface area contributed by atoms with E-state index in [0.29, 0.717) is 16.7 Å². The van der Waals surface area contributed by atoms with E-state index in [1.807, 2.05) is 0 Å². The summed E-state index contributed by atoms with van der Waals surface area (Å²) in [6.07, 6.45) is -1.15. The molecule has 0 atom stereocenters. The number of rotatable bonds is 2. The Labute approximate surface area is 86.3 Å². The molecule has 2 heterocycles. The Morgan fingerprint density at radius 3 is 2.87 bits per heavy atom. The topological polar surface area (TPSA) is 43.3 Å². The Bertz CT molecular complexity index is 495. The van der Waals surface area contributed by atoms with Crippen molar-refractivity contribution >= 4 is 18.8 Å². The van der Waals surface area contributed by atoms with Crippen LogP contribution in [0.25, 0.3) is 5.52 Å². The van der Waals surface area contributed by atoms with Crippen molar-refractivity contribution in [1.29, 1.82) is 0 Å². The van der Waals surface area contributed by atoms with Gasteiger partial charge in [0.1, 0.15) is 7.85 Å². The van der Waals surface area contributed by atoms with E-state index in [4.69, 9.17) is 13.6 Å². The summed E-state index contributed by atoms with van der Waals surface area (Å²) in [4.78, 5) is 3.78. The van der Waals surface area contributed by atoms with Crippen molar-refractivity contribution in [3.63, 3.8) is 0 Å². The Morgan fingerprint density at radius 2 is 2.27 bits per heavy atom. The third-order valence-corrected chi connectivity index (χ3v) is 2.16. The highest BCUT2D eigenvalue weighted by molar-refractivity contribution is 6.32. The minimum absolute atomic E-state index is 0.111. The van der Waals surface area contributed by atoms with E-state index in [9.17, 15) is 8.78 Å². The molecule has 76 valence electrons. The average molecular weight is 207 g/mol. The SMILES string of the molecule is [B]c1ccn2c(C(F)F)nc(CN)c2c1. The van der Waals surface area contributed by atoms with Gasteiger partial charge in [0.05, 0.1) is 11.2 Å². The van der Waals surface area contributed by atoms with Gasteiger partial charge < -0.3 is 5.73 Å². The number of nitrogens with zero attached hydrogens (tertiary/aromatic N) is 2. The molecular formula is C9H8BF2N3. The van der Waals surface area contributed by atoms with Gasteiger partial charge in [-0.25, -0.2) is 13.8 Å². The van der Waals surface area contributed by atoms with E-state index in [-0.39, 0.29) is 12.4 Å². The van der Waals surface area contributed by atoms with Gasteiger partial charge in [-0.3, -0.25) is 4.40 Å². The largest absolute Gasteiger partial charge is 0.325 e. The van der Waals surface area contributed by atoms with Crippen LogP contribution in [0, 0.1) is 0 Å². The molecule has 0 aliphatic rings. The molecule has 0 fully saturated rings. The maximum atomic E-state index is 12.6. The zero-order valence-corrected chi connectivity index (χ0v) is 7.82. The van der Waals surface area contributed by atoms with E-state index in [0.717, 1.165) is 0 Å². The molecule has 2 radical (unpaired) electrons. The predicted octanol–water partition coefficient (Wildman–Crippen LogP) is 0.524. The smallest absolute Gasteiger partial charge is 0.295 e. The van der Waals surface area contributed by atoms with E-state index in [1.54, 1.807) is 12.1 Å². The van der Waals surface area contributed by atoms with E-state index < -0.39 is 6.43 Å². The first-order valence-electron chi connectivity index (χ1n) is 4.38. The van der Waals surface area contributed by atoms with Gasteiger partial charge in [0.2, 0.25) is 0 Å². The van der Waals surface area contributed by atoms with Crippen molar-refractivity contribution in [2.75, 3.05) is 0 Å². The lowest BCUT2D eigenvalue weighted by Gasteiger charge is -2.00. The van der Waals surface area contributed by atoms with Gasteiger partial charge >= 0.3 is 0 Å². The number of alkyl halides is 2. The van der Waals surface area contributed by atoms with Crippen molar-refractivity contribution in [3.05, 3.63) is 29.8 Å². The quantitative estimate of drug-likeness (QED) is 0.729. The summed E-state index contributed by atoms with van der Waals surface area (Å²) in [5.74, 6) is -0.301. The van der Waals surface area contributed by atoms with Crippen LogP contribution in [0.1, 0.15) is 17.9 Å². The lowest BCUT2D eigenvalue weighted by atomic mass is 9.97. The number of pyridine rings is 1. The first-order valence-corrected chi connectivity index (χ1v) is 4.38. The summed E-state index contributed by atoms with van der Waals surface area (Å²) in [6.45, 7) is 0.111. The molecule has 2 rings (SSSR count). The lowest BCUT2D eigenvalue weighted by molar-refractivity contribution is 0.139. The van der Waals surface area contributed by atoms with E-state index in [2.05, 4.69) is 4.98 Å². The molecule has 0 spiro atoms. The first kappa shape index (κ1) is 10.1. The number of hydrogen-bond donors (Lipinski definition) is 1. The standard InChI is InChI=1S/C9H8BF2N3/c10-5-1-2-15-7(3-5)6(4-13)14-9(15)8(11)12/h1-3,8H,4,13H2. The van der Waals surface area contributed by atoms with Crippen LogP contribution in [0.5, 0.6) is 0 Å². The highest BCUT2D eigenvalue weighted by Crippen LogP contribution is 2.21.